The van der Waals surface area contributed by atoms with Gasteiger partial charge in [0.2, 0.25) is 0 Å². The Balaban J connectivity index is 1.60. The molecule has 0 saturated heterocycles. The molecular weight excluding hydrogens is 390 g/mol. The van der Waals surface area contributed by atoms with Crippen LogP contribution in [-0.4, -0.2) is 15.0 Å². The fraction of sp³-hybridized carbons (Fsp3) is 0. The Labute approximate surface area is 186 Å². The third-order valence-electron chi connectivity index (χ3n) is 5.72. The van der Waals surface area contributed by atoms with Gasteiger partial charge in [-0.1, -0.05) is 84.9 Å². The summed E-state index contributed by atoms with van der Waals surface area (Å²) in [6, 6.07) is 37.3. The zero-order valence-electron chi connectivity index (χ0n) is 17.3. The summed E-state index contributed by atoms with van der Waals surface area (Å²) < 4.78 is 0. The minimum absolute atomic E-state index is 0.688. The average Bonchev–Trinajstić information content (AvgIpc) is 2.88. The third-order valence-corrected chi connectivity index (χ3v) is 5.72. The van der Waals surface area contributed by atoms with Crippen LogP contribution >= 0.6 is 0 Å². The molecule has 150 valence electrons. The fourth-order valence-electron chi connectivity index (χ4n) is 4.18. The lowest BCUT2D eigenvalue weighted by Crippen LogP contribution is -1.96. The summed E-state index contributed by atoms with van der Waals surface area (Å²) in [4.78, 5) is 14.6. The minimum atomic E-state index is 0.688. The Hall–Kier alpha value is -4.37. The maximum Gasteiger partial charge on any atom is 0.162 e. The van der Waals surface area contributed by atoms with Gasteiger partial charge in [-0.05, 0) is 35.4 Å². The highest BCUT2D eigenvalue weighted by molar-refractivity contribution is 5.97. The minimum Gasteiger partial charge on any atom is -0.255 e. The average molecular weight is 409 g/mol. The molecule has 3 heteroatoms. The molecule has 3 nitrogen and oxygen atoms in total. The molecule has 0 unspecified atom stereocenters. The Morgan fingerprint density at radius 2 is 1.28 bits per heavy atom. The van der Waals surface area contributed by atoms with Crippen LogP contribution < -0.4 is 0 Å². The maximum atomic E-state index is 5.08. The zero-order chi connectivity index (χ0) is 21.3. The number of hydrogen-bond acceptors (Lipinski definition) is 3. The highest BCUT2D eigenvalue weighted by Gasteiger charge is 2.14. The summed E-state index contributed by atoms with van der Waals surface area (Å²) in [7, 11) is 0. The number of benzene rings is 4. The summed E-state index contributed by atoms with van der Waals surface area (Å²) >= 11 is 0. The van der Waals surface area contributed by atoms with Crippen LogP contribution in [-0.2, 0) is 0 Å². The zero-order valence-corrected chi connectivity index (χ0v) is 17.3. The van der Waals surface area contributed by atoms with Gasteiger partial charge in [-0.25, -0.2) is 9.97 Å². The lowest BCUT2D eigenvalue weighted by Gasteiger charge is -2.11. The first-order valence-electron chi connectivity index (χ1n) is 10.6. The second kappa shape index (κ2) is 7.71. The summed E-state index contributed by atoms with van der Waals surface area (Å²) in [5.41, 5.74) is 7.12. The molecule has 0 spiro atoms. The van der Waals surface area contributed by atoms with Gasteiger partial charge in [0.1, 0.15) is 0 Å². The van der Waals surface area contributed by atoms with Gasteiger partial charge in [-0.2, -0.15) is 0 Å². The van der Waals surface area contributed by atoms with E-state index in [1.807, 2.05) is 48.7 Å². The van der Waals surface area contributed by atoms with E-state index in [0.29, 0.717) is 5.82 Å². The van der Waals surface area contributed by atoms with Gasteiger partial charge in [0.15, 0.2) is 5.82 Å². The first-order chi connectivity index (χ1) is 15.9. The van der Waals surface area contributed by atoms with Crippen molar-refractivity contribution < 1.29 is 0 Å². The Morgan fingerprint density at radius 1 is 0.531 bits per heavy atom. The lowest BCUT2D eigenvalue weighted by atomic mass is 9.99. The molecule has 0 radical (unpaired) electrons. The molecular formula is C29H19N3. The number of nitrogens with zero attached hydrogens (tertiary/aromatic N) is 3. The molecule has 32 heavy (non-hydrogen) atoms. The van der Waals surface area contributed by atoms with E-state index in [-0.39, 0.29) is 0 Å². The smallest absolute Gasteiger partial charge is 0.162 e. The molecule has 0 aliphatic rings. The summed E-state index contributed by atoms with van der Waals surface area (Å²) in [6.45, 7) is 0. The van der Waals surface area contributed by atoms with E-state index in [1.54, 1.807) is 0 Å². The SMILES string of the molecule is c1ccc(-c2cccc(-c3nc(-c4cccc5cccnc45)nc4ccccc34)c2)cc1. The standard InChI is InChI=1S/C29H19N3/c1-2-9-20(10-3-1)22-12-6-13-23(19-22)28-24-15-4-5-17-26(24)31-29(32-28)25-16-7-11-21-14-8-18-30-27(21)25/h1-19H. The predicted molar refractivity (Wildman–Crippen MR) is 131 cm³/mol. The lowest BCUT2D eigenvalue weighted by molar-refractivity contribution is 1.23. The van der Waals surface area contributed by atoms with Crippen LogP contribution in [0, 0.1) is 0 Å². The highest BCUT2D eigenvalue weighted by atomic mass is 14.9. The first kappa shape index (κ1) is 18.4. The van der Waals surface area contributed by atoms with Crippen molar-refractivity contribution in [1.82, 2.24) is 15.0 Å². The molecule has 6 aromatic rings. The molecule has 4 aromatic carbocycles. The molecule has 6 rings (SSSR count). The summed E-state index contributed by atoms with van der Waals surface area (Å²) in [5.74, 6) is 0.688. The van der Waals surface area contributed by atoms with Crippen LogP contribution in [0.5, 0.6) is 0 Å². The maximum absolute atomic E-state index is 5.08. The van der Waals surface area contributed by atoms with Crippen molar-refractivity contribution in [2.75, 3.05) is 0 Å². The molecule has 0 bridgehead atoms. The molecule has 0 fully saturated rings. The van der Waals surface area contributed by atoms with E-state index in [4.69, 9.17) is 9.97 Å². The van der Waals surface area contributed by atoms with Crippen LogP contribution in [0.4, 0.5) is 0 Å². The van der Waals surface area contributed by atoms with Gasteiger partial charge in [-0.3, -0.25) is 4.98 Å². The van der Waals surface area contributed by atoms with Crippen LogP contribution in [0.25, 0.3) is 55.6 Å². The fourth-order valence-corrected chi connectivity index (χ4v) is 4.18. The number of para-hydroxylation sites is 2. The number of hydrogen-bond donors (Lipinski definition) is 0. The summed E-state index contributed by atoms with van der Waals surface area (Å²) in [6.07, 6.45) is 1.82. The van der Waals surface area contributed by atoms with Crippen LogP contribution in [0.3, 0.4) is 0 Å². The molecule has 2 aromatic heterocycles. The number of pyridine rings is 1. The van der Waals surface area contributed by atoms with Crippen molar-refractivity contribution in [3.8, 4) is 33.8 Å². The van der Waals surface area contributed by atoms with Crippen LogP contribution in [0.1, 0.15) is 0 Å². The monoisotopic (exact) mass is 409 g/mol. The highest BCUT2D eigenvalue weighted by Crippen LogP contribution is 2.33. The van der Waals surface area contributed by atoms with Crippen molar-refractivity contribution in [2.45, 2.75) is 0 Å². The largest absolute Gasteiger partial charge is 0.255 e. The molecule has 0 atom stereocenters. The van der Waals surface area contributed by atoms with Crippen LogP contribution in [0.2, 0.25) is 0 Å². The predicted octanol–water partition coefficient (Wildman–Crippen LogP) is 7.18. The van der Waals surface area contributed by atoms with Crippen molar-refractivity contribution in [3.63, 3.8) is 0 Å². The van der Waals surface area contributed by atoms with Crippen molar-refractivity contribution >= 4 is 21.8 Å². The van der Waals surface area contributed by atoms with Gasteiger partial charge in [-0.15, -0.1) is 0 Å². The van der Waals surface area contributed by atoms with Gasteiger partial charge < -0.3 is 0 Å². The summed E-state index contributed by atoms with van der Waals surface area (Å²) in [5, 5.41) is 2.11. The Morgan fingerprint density at radius 3 is 2.22 bits per heavy atom. The molecule has 0 N–H and O–H groups in total. The molecule has 2 heterocycles. The van der Waals surface area contributed by atoms with Crippen LogP contribution in [0.15, 0.2) is 115 Å². The molecule has 0 aliphatic heterocycles. The Bertz CT molecular complexity index is 1570. The van der Waals surface area contributed by atoms with Crippen molar-refractivity contribution in [3.05, 3.63) is 115 Å². The van der Waals surface area contributed by atoms with E-state index < -0.39 is 0 Å². The van der Waals surface area contributed by atoms with E-state index in [1.165, 1.54) is 11.1 Å². The molecule has 0 amide bonds. The molecule has 0 aliphatic carbocycles. The van der Waals surface area contributed by atoms with E-state index in [2.05, 4.69) is 71.7 Å². The quantitative estimate of drug-likeness (QED) is 0.311. The van der Waals surface area contributed by atoms with Gasteiger partial charge in [0, 0.05) is 28.1 Å². The second-order valence-corrected chi connectivity index (χ2v) is 7.74. The normalized spacial score (nSPS) is 11.1. The Kier molecular flexibility index (Phi) is 4.43. The second-order valence-electron chi connectivity index (χ2n) is 7.74. The van der Waals surface area contributed by atoms with Gasteiger partial charge >= 0.3 is 0 Å². The van der Waals surface area contributed by atoms with Gasteiger partial charge in [0.25, 0.3) is 0 Å². The van der Waals surface area contributed by atoms with Crippen molar-refractivity contribution in [2.24, 2.45) is 0 Å². The first-order valence-corrected chi connectivity index (χ1v) is 10.6. The van der Waals surface area contributed by atoms with Crippen molar-refractivity contribution in [1.29, 1.82) is 0 Å². The number of rotatable bonds is 3. The molecule has 0 saturated carbocycles. The number of fused-ring (bicyclic) bond motifs is 2. The van der Waals surface area contributed by atoms with E-state index in [9.17, 15) is 0 Å². The number of aromatic nitrogens is 3. The van der Waals surface area contributed by atoms with E-state index >= 15 is 0 Å². The topological polar surface area (TPSA) is 38.7 Å². The van der Waals surface area contributed by atoms with E-state index in [0.717, 1.165) is 38.6 Å². The third kappa shape index (κ3) is 3.21. The van der Waals surface area contributed by atoms with Gasteiger partial charge in [0.05, 0.1) is 16.7 Å².